The molecule has 2 rings (SSSR count). The van der Waals surface area contributed by atoms with Crippen LogP contribution in [0.25, 0.3) is 0 Å². The Morgan fingerprint density at radius 1 is 1.36 bits per heavy atom. The van der Waals surface area contributed by atoms with Crippen molar-refractivity contribution in [3.05, 3.63) is 35.6 Å². The van der Waals surface area contributed by atoms with Crippen LogP contribution in [0.2, 0.25) is 0 Å². The van der Waals surface area contributed by atoms with E-state index in [-0.39, 0.29) is 5.82 Å². The molecule has 14 heavy (non-hydrogen) atoms. The number of halogens is 1. The molecule has 1 fully saturated rings. The Labute approximate surface area is 83.1 Å². The number of rotatable bonds is 4. The highest BCUT2D eigenvalue weighted by Crippen LogP contribution is 2.09. The van der Waals surface area contributed by atoms with Crippen LogP contribution in [-0.2, 0) is 11.3 Å². The summed E-state index contributed by atoms with van der Waals surface area (Å²) in [6, 6.07) is 6.74. The SMILES string of the molecule is Fc1ccccc1COCC1CNC1. The summed E-state index contributed by atoms with van der Waals surface area (Å²) >= 11 is 0. The van der Waals surface area contributed by atoms with Gasteiger partial charge in [-0.1, -0.05) is 18.2 Å². The average Bonchev–Trinajstić information content (AvgIpc) is 2.12. The van der Waals surface area contributed by atoms with Gasteiger partial charge in [-0.15, -0.1) is 0 Å². The van der Waals surface area contributed by atoms with Crippen LogP contribution >= 0.6 is 0 Å². The number of nitrogens with one attached hydrogen (secondary N) is 1. The van der Waals surface area contributed by atoms with E-state index in [0.717, 1.165) is 19.7 Å². The summed E-state index contributed by atoms with van der Waals surface area (Å²) in [5, 5.41) is 3.17. The smallest absolute Gasteiger partial charge is 0.128 e. The molecule has 1 aliphatic heterocycles. The Bertz CT molecular complexity index is 299. The number of benzene rings is 1. The first kappa shape index (κ1) is 9.62. The summed E-state index contributed by atoms with van der Waals surface area (Å²) in [6.07, 6.45) is 0. The molecule has 2 nitrogen and oxygen atoms in total. The van der Waals surface area contributed by atoms with Crippen molar-refractivity contribution in [1.82, 2.24) is 5.32 Å². The van der Waals surface area contributed by atoms with Crippen LogP contribution in [0.1, 0.15) is 5.56 Å². The second-order valence-electron chi connectivity index (χ2n) is 3.63. The molecule has 0 aromatic heterocycles. The predicted molar refractivity (Wildman–Crippen MR) is 52.4 cm³/mol. The molecule has 1 aliphatic rings. The van der Waals surface area contributed by atoms with Gasteiger partial charge in [-0.05, 0) is 6.07 Å². The second-order valence-corrected chi connectivity index (χ2v) is 3.63. The third-order valence-electron chi connectivity index (χ3n) is 2.43. The maximum atomic E-state index is 13.1. The normalized spacial score (nSPS) is 16.6. The van der Waals surface area contributed by atoms with E-state index in [2.05, 4.69) is 5.32 Å². The Hall–Kier alpha value is -0.930. The molecule has 0 saturated carbocycles. The Kier molecular flexibility index (Phi) is 3.11. The zero-order valence-electron chi connectivity index (χ0n) is 8.00. The maximum absolute atomic E-state index is 13.1. The lowest BCUT2D eigenvalue weighted by Crippen LogP contribution is -2.44. The summed E-state index contributed by atoms with van der Waals surface area (Å²) in [7, 11) is 0. The molecule has 0 amide bonds. The van der Waals surface area contributed by atoms with Crippen molar-refractivity contribution in [2.75, 3.05) is 19.7 Å². The van der Waals surface area contributed by atoms with Crippen molar-refractivity contribution in [1.29, 1.82) is 0 Å². The van der Waals surface area contributed by atoms with Crippen molar-refractivity contribution >= 4 is 0 Å². The quantitative estimate of drug-likeness (QED) is 0.787. The Balaban J connectivity index is 1.76. The van der Waals surface area contributed by atoms with E-state index in [1.165, 1.54) is 6.07 Å². The lowest BCUT2D eigenvalue weighted by molar-refractivity contribution is 0.0674. The molecule has 0 bridgehead atoms. The summed E-state index contributed by atoms with van der Waals surface area (Å²) < 4.78 is 18.5. The minimum atomic E-state index is -0.181. The Morgan fingerprint density at radius 3 is 2.79 bits per heavy atom. The third-order valence-corrected chi connectivity index (χ3v) is 2.43. The van der Waals surface area contributed by atoms with Crippen molar-refractivity contribution in [3.8, 4) is 0 Å². The van der Waals surface area contributed by atoms with E-state index >= 15 is 0 Å². The molecule has 76 valence electrons. The molecule has 1 heterocycles. The summed E-state index contributed by atoms with van der Waals surface area (Å²) in [5.41, 5.74) is 0.639. The van der Waals surface area contributed by atoms with Crippen LogP contribution in [0.3, 0.4) is 0 Å². The van der Waals surface area contributed by atoms with Crippen LogP contribution in [0.4, 0.5) is 4.39 Å². The van der Waals surface area contributed by atoms with E-state index in [9.17, 15) is 4.39 Å². The molecule has 1 saturated heterocycles. The van der Waals surface area contributed by atoms with E-state index in [0.29, 0.717) is 18.1 Å². The highest BCUT2D eigenvalue weighted by molar-refractivity contribution is 5.16. The fourth-order valence-corrected chi connectivity index (χ4v) is 1.42. The van der Waals surface area contributed by atoms with Gasteiger partial charge in [0.1, 0.15) is 5.82 Å². The average molecular weight is 195 g/mol. The van der Waals surface area contributed by atoms with Crippen LogP contribution in [0.15, 0.2) is 24.3 Å². The number of hydrogen-bond acceptors (Lipinski definition) is 2. The van der Waals surface area contributed by atoms with Crippen LogP contribution in [0, 0.1) is 11.7 Å². The molecular formula is C11H14FNO. The largest absolute Gasteiger partial charge is 0.376 e. The lowest BCUT2D eigenvalue weighted by atomic mass is 10.1. The lowest BCUT2D eigenvalue weighted by Gasteiger charge is -2.26. The predicted octanol–water partition coefficient (Wildman–Crippen LogP) is 1.56. The second kappa shape index (κ2) is 4.53. The third kappa shape index (κ3) is 2.30. The van der Waals surface area contributed by atoms with Gasteiger partial charge >= 0.3 is 0 Å². The fourth-order valence-electron chi connectivity index (χ4n) is 1.42. The summed E-state index contributed by atoms with van der Waals surface area (Å²) in [6.45, 7) is 3.15. The first-order valence-corrected chi connectivity index (χ1v) is 4.88. The van der Waals surface area contributed by atoms with Crippen molar-refractivity contribution < 1.29 is 9.13 Å². The monoisotopic (exact) mass is 195 g/mol. The molecule has 0 atom stereocenters. The van der Waals surface area contributed by atoms with Crippen LogP contribution in [0.5, 0.6) is 0 Å². The molecule has 1 aromatic carbocycles. The minimum Gasteiger partial charge on any atom is -0.376 e. The van der Waals surface area contributed by atoms with E-state index in [1.807, 2.05) is 6.07 Å². The molecule has 1 N–H and O–H groups in total. The minimum absolute atomic E-state index is 0.181. The summed E-state index contributed by atoms with van der Waals surface area (Å²) in [5.74, 6) is 0.431. The standard InChI is InChI=1S/C11H14FNO/c12-11-4-2-1-3-10(11)8-14-7-9-5-13-6-9/h1-4,9,13H,5-8H2. The molecular weight excluding hydrogens is 181 g/mol. The highest BCUT2D eigenvalue weighted by Gasteiger charge is 2.16. The van der Waals surface area contributed by atoms with Gasteiger partial charge in [-0.25, -0.2) is 4.39 Å². The molecule has 0 spiro atoms. The molecule has 0 radical (unpaired) electrons. The summed E-state index contributed by atoms with van der Waals surface area (Å²) in [4.78, 5) is 0. The number of ether oxygens (including phenoxy) is 1. The van der Waals surface area contributed by atoms with E-state index in [1.54, 1.807) is 12.1 Å². The highest BCUT2D eigenvalue weighted by atomic mass is 19.1. The van der Waals surface area contributed by atoms with Gasteiger partial charge in [0, 0.05) is 24.6 Å². The molecule has 3 heteroatoms. The first-order valence-electron chi connectivity index (χ1n) is 4.88. The molecule has 0 aliphatic carbocycles. The number of hydrogen-bond donors (Lipinski definition) is 1. The van der Waals surface area contributed by atoms with Gasteiger partial charge in [0.05, 0.1) is 13.2 Å². The maximum Gasteiger partial charge on any atom is 0.128 e. The Morgan fingerprint density at radius 2 is 2.14 bits per heavy atom. The van der Waals surface area contributed by atoms with E-state index in [4.69, 9.17) is 4.74 Å². The van der Waals surface area contributed by atoms with Gasteiger partial charge in [0.15, 0.2) is 0 Å². The first-order chi connectivity index (χ1) is 6.86. The fraction of sp³-hybridized carbons (Fsp3) is 0.455. The van der Waals surface area contributed by atoms with Crippen molar-refractivity contribution in [2.45, 2.75) is 6.61 Å². The topological polar surface area (TPSA) is 21.3 Å². The van der Waals surface area contributed by atoms with Gasteiger partial charge < -0.3 is 10.1 Å². The molecule has 1 aromatic rings. The van der Waals surface area contributed by atoms with Gasteiger partial charge in [0.2, 0.25) is 0 Å². The van der Waals surface area contributed by atoms with Crippen LogP contribution in [-0.4, -0.2) is 19.7 Å². The van der Waals surface area contributed by atoms with Crippen LogP contribution < -0.4 is 5.32 Å². The zero-order valence-corrected chi connectivity index (χ0v) is 8.00. The van der Waals surface area contributed by atoms with E-state index < -0.39 is 0 Å². The van der Waals surface area contributed by atoms with Gasteiger partial charge in [-0.2, -0.15) is 0 Å². The van der Waals surface area contributed by atoms with Gasteiger partial charge in [-0.3, -0.25) is 0 Å². The molecule has 0 unspecified atom stereocenters. The zero-order chi connectivity index (χ0) is 9.80. The van der Waals surface area contributed by atoms with Crippen molar-refractivity contribution in [2.24, 2.45) is 5.92 Å². The van der Waals surface area contributed by atoms with Gasteiger partial charge in [0.25, 0.3) is 0 Å². The van der Waals surface area contributed by atoms with Crippen molar-refractivity contribution in [3.63, 3.8) is 0 Å².